The van der Waals surface area contributed by atoms with E-state index in [9.17, 15) is 0 Å². The maximum Gasteiger partial charge on any atom is 0.227 e. The van der Waals surface area contributed by atoms with Crippen LogP contribution in [0.15, 0.2) is 89.1 Å². The molecule has 3 heteroatoms. The van der Waals surface area contributed by atoms with E-state index in [-0.39, 0.29) is 5.41 Å². The minimum absolute atomic E-state index is 0.0298. The average Bonchev–Trinajstić information content (AvgIpc) is 3.42. The Balaban J connectivity index is 1.57. The summed E-state index contributed by atoms with van der Waals surface area (Å²) < 4.78 is 5.85. The van der Waals surface area contributed by atoms with Gasteiger partial charge in [0.05, 0.1) is 12.0 Å². The predicted molar refractivity (Wildman–Crippen MR) is 141 cm³/mol. The van der Waals surface area contributed by atoms with Crippen LogP contribution in [-0.4, -0.2) is 10.2 Å². The topological polar surface area (TPSA) is 26.0 Å². The monoisotopic (exact) mass is 449 g/mol. The average molecular weight is 450 g/mol. The van der Waals surface area contributed by atoms with E-state index in [0.717, 1.165) is 16.6 Å². The van der Waals surface area contributed by atoms with Gasteiger partial charge in [0.25, 0.3) is 0 Å². The minimum Gasteiger partial charge on any atom is -0.446 e. The van der Waals surface area contributed by atoms with Gasteiger partial charge >= 0.3 is 0 Å². The van der Waals surface area contributed by atoms with Crippen molar-refractivity contribution in [2.24, 2.45) is 5.92 Å². The van der Waals surface area contributed by atoms with E-state index >= 15 is 0 Å². The van der Waals surface area contributed by atoms with Gasteiger partial charge in [-0.2, -0.15) is 0 Å². The van der Waals surface area contributed by atoms with Crippen molar-refractivity contribution in [2.45, 2.75) is 38.4 Å². The summed E-state index contributed by atoms with van der Waals surface area (Å²) in [6.07, 6.45) is 10.7. The fourth-order valence-corrected chi connectivity index (χ4v) is 6.61. The Morgan fingerprint density at radius 1 is 0.939 bits per heavy atom. The Morgan fingerprint density at radius 2 is 1.76 bits per heavy atom. The minimum atomic E-state index is 0.0298. The lowest BCUT2D eigenvalue weighted by Crippen LogP contribution is -2.12. The molecule has 3 heterocycles. The van der Waals surface area contributed by atoms with Crippen LogP contribution in [-0.2, 0) is 5.41 Å². The van der Waals surface area contributed by atoms with Crippen molar-refractivity contribution in [2.75, 3.05) is 0 Å². The molecule has 33 heavy (non-hydrogen) atoms. The number of allylic oxidation sites excluding steroid dienone is 4. The third-order valence-corrected chi connectivity index (χ3v) is 8.34. The zero-order chi connectivity index (χ0) is 22.7. The van der Waals surface area contributed by atoms with Crippen LogP contribution in [0.2, 0.25) is 0 Å². The fourth-order valence-electron chi connectivity index (χ4n) is 5.11. The molecule has 0 spiro atoms. The molecule has 2 atom stereocenters. The van der Waals surface area contributed by atoms with Gasteiger partial charge in [-0.15, -0.1) is 11.8 Å². The van der Waals surface area contributed by atoms with E-state index in [1.54, 1.807) is 6.26 Å². The summed E-state index contributed by atoms with van der Waals surface area (Å²) in [6.45, 7) is 9.11. The van der Waals surface area contributed by atoms with Crippen LogP contribution in [0.1, 0.15) is 38.8 Å². The predicted octanol–water partition coefficient (Wildman–Crippen LogP) is 8.53. The third kappa shape index (κ3) is 3.38. The number of benzene rings is 2. The molecule has 0 N–H and O–H groups in total. The number of furan rings is 1. The van der Waals surface area contributed by atoms with Crippen LogP contribution in [0.3, 0.4) is 0 Å². The summed E-state index contributed by atoms with van der Waals surface area (Å²) in [5.74, 6) is 0.460. The number of nitrogens with zero attached hydrogens (tertiary/aromatic N) is 1. The number of hydrogen-bond acceptors (Lipinski definition) is 3. The number of aromatic nitrogens is 1. The van der Waals surface area contributed by atoms with Gasteiger partial charge in [0.15, 0.2) is 0 Å². The van der Waals surface area contributed by atoms with Gasteiger partial charge in [0.1, 0.15) is 0 Å². The lowest BCUT2D eigenvalue weighted by molar-refractivity contribution is 0.596. The maximum absolute atomic E-state index is 5.85. The first-order chi connectivity index (χ1) is 15.9. The highest BCUT2D eigenvalue weighted by Gasteiger charge is 2.32. The van der Waals surface area contributed by atoms with Crippen LogP contribution in [0.4, 0.5) is 0 Å². The molecule has 0 radical (unpaired) electrons. The van der Waals surface area contributed by atoms with Crippen molar-refractivity contribution in [1.29, 1.82) is 0 Å². The van der Waals surface area contributed by atoms with E-state index in [1.807, 2.05) is 11.8 Å². The van der Waals surface area contributed by atoms with Gasteiger partial charge in [0.2, 0.25) is 5.71 Å². The molecule has 0 saturated carbocycles. The lowest BCUT2D eigenvalue weighted by atomic mass is 9.82. The summed E-state index contributed by atoms with van der Waals surface area (Å²) in [7, 11) is 0. The molecule has 6 rings (SSSR count). The molecule has 4 aromatic rings. The fraction of sp³-hybridized carbons (Fsp3) is 0.233. The van der Waals surface area contributed by atoms with Crippen LogP contribution < -0.4 is 0 Å². The number of rotatable bonds is 2. The lowest BCUT2D eigenvalue weighted by Gasteiger charge is -2.23. The zero-order valence-corrected chi connectivity index (χ0v) is 20.2. The van der Waals surface area contributed by atoms with Crippen molar-refractivity contribution in [3.63, 3.8) is 0 Å². The Morgan fingerprint density at radius 3 is 2.58 bits per heavy atom. The van der Waals surface area contributed by atoms with E-state index in [2.05, 4.69) is 101 Å². The van der Waals surface area contributed by atoms with E-state index in [0.29, 0.717) is 16.9 Å². The molecule has 0 fully saturated rings. The van der Waals surface area contributed by atoms with Crippen molar-refractivity contribution < 1.29 is 4.42 Å². The first kappa shape index (κ1) is 20.6. The third-order valence-electron chi connectivity index (χ3n) is 6.84. The van der Waals surface area contributed by atoms with Crippen molar-refractivity contribution in [3.05, 3.63) is 95.8 Å². The SMILES string of the molecule is CC1=C(c2cc(-c3cc(C(C)(C)C)c4ccccc4c3)nc3occc23)SC2C=CC=CC12. The van der Waals surface area contributed by atoms with Gasteiger partial charge in [-0.05, 0) is 52.9 Å². The highest BCUT2D eigenvalue weighted by atomic mass is 32.2. The number of hydrogen-bond donors (Lipinski definition) is 0. The normalized spacial score (nSPS) is 20.2. The second-order valence-corrected chi connectivity index (χ2v) is 11.3. The number of thioether (sulfide) groups is 1. The van der Waals surface area contributed by atoms with Crippen LogP contribution in [0.25, 0.3) is 38.0 Å². The molecule has 1 aliphatic heterocycles. The molecule has 1 aliphatic carbocycles. The van der Waals surface area contributed by atoms with Gasteiger partial charge in [0, 0.05) is 32.6 Å². The largest absolute Gasteiger partial charge is 0.446 e. The Bertz CT molecular complexity index is 1500. The molecule has 164 valence electrons. The highest BCUT2D eigenvalue weighted by molar-refractivity contribution is 8.09. The Kier molecular flexibility index (Phi) is 4.67. The molecule has 0 bridgehead atoms. The van der Waals surface area contributed by atoms with E-state index in [1.165, 1.54) is 32.4 Å². The summed E-state index contributed by atoms with van der Waals surface area (Å²) in [5, 5.41) is 4.11. The molecule has 2 aromatic heterocycles. The summed E-state index contributed by atoms with van der Waals surface area (Å²) in [6, 6.07) is 17.6. The molecule has 2 aromatic carbocycles. The molecule has 2 nitrogen and oxygen atoms in total. The van der Waals surface area contributed by atoms with Gasteiger partial charge in [-0.3, -0.25) is 0 Å². The van der Waals surface area contributed by atoms with Crippen LogP contribution >= 0.6 is 11.8 Å². The summed E-state index contributed by atoms with van der Waals surface area (Å²) in [4.78, 5) is 6.31. The second kappa shape index (κ2) is 7.50. The zero-order valence-electron chi connectivity index (χ0n) is 19.4. The van der Waals surface area contributed by atoms with Gasteiger partial charge < -0.3 is 4.42 Å². The van der Waals surface area contributed by atoms with Gasteiger partial charge in [-0.1, -0.05) is 74.9 Å². The van der Waals surface area contributed by atoms with E-state index < -0.39 is 0 Å². The Labute approximate surface area is 199 Å². The molecule has 2 aliphatic rings. The number of pyridine rings is 1. The van der Waals surface area contributed by atoms with Crippen molar-refractivity contribution in [1.82, 2.24) is 4.98 Å². The first-order valence-electron chi connectivity index (χ1n) is 11.5. The maximum atomic E-state index is 5.85. The Hall–Kier alpha value is -3.04. The molecule has 0 amide bonds. The standard InChI is InChI=1S/C30H27NOS/c1-18-21-10-7-8-12-27(21)33-28(18)24-17-26(31-29-23(24)13-14-32-29)20-15-19-9-5-6-11-22(19)25(16-20)30(2,3)4/h5-17,21,27H,1-4H3. The van der Waals surface area contributed by atoms with Crippen LogP contribution in [0.5, 0.6) is 0 Å². The van der Waals surface area contributed by atoms with Crippen molar-refractivity contribution in [3.8, 4) is 11.3 Å². The smallest absolute Gasteiger partial charge is 0.227 e. The number of fused-ring (bicyclic) bond motifs is 3. The molecule has 2 unspecified atom stereocenters. The van der Waals surface area contributed by atoms with E-state index in [4.69, 9.17) is 9.40 Å². The molecule has 0 saturated heterocycles. The summed E-state index contributed by atoms with van der Waals surface area (Å²) in [5.41, 5.74) is 6.83. The second-order valence-electron chi connectivity index (χ2n) is 10.1. The summed E-state index contributed by atoms with van der Waals surface area (Å²) >= 11 is 1.96. The quantitative estimate of drug-likeness (QED) is 0.307. The first-order valence-corrected chi connectivity index (χ1v) is 12.4. The van der Waals surface area contributed by atoms with Crippen molar-refractivity contribution >= 4 is 38.5 Å². The molecular formula is C30H27NOS. The van der Waals surface area contributed by atoms with Gasteiger partial charge in [-0.25, -0.2) is 4.98 Å². The molecular weight excluding hydrogens is 422 g/mol. The van der Waals surface area contributed by atoms with Crippen LogP contribution in [0, 0.1) is 5.92 Å². The highest BCUT2D eigenvalue weighted by Crippen LogP contribution is 2.51.